The third-order valence-electron chi connectivity index (χ3n) is 3.93. The maximum absolute atomic E-state index is 12.6. The summed E-state index contributed by atoms with van der Waals surface area (Å²) in [4.78, 5) is 17.6. The summed E-state index contributed by atoms with van der Waals surface area (Å²) in [5.41, 5.74) is 4.32. The molecule has 1 aliphatic heterocycles. The summed E-state index contributed by atoms with van der Waals surface area (Å²) in [6, 6.07) is 16.0. The van der Waals surface area contributed by atoms with Crippen LogP contribution in [0.3, 0.4) is 0 Å². The van der Waals surface area contributed by atoms with Crippen molar-refractivity contribution in [2.75, 3.05) is 0 Å². The summed E-state index contributed by atoms with van der Waals surface area (Å²) in [6.07, 6.45) is 1.89. The van der Waals surface area contributed by atoms with E-state index in [1.54, 1.807) is 0 Å². The molecule has 0 unspecified atom stereocenters. The van der Waals surface area contributed by atoms with E-state index in [2.05, 4.69) is 17.1 Å². The van der Waals surface area contributed by atoms with E-state index in [-0.39, 0.29) is 5.91 Å². The van der Waals surface area contributed by atoms with Gasteiger partial charge in [0.25, 0.3) is 5.91 Å². The van der Waals surface area contributed by atoms with Gasteiger partial charge in [-0.15, -0.1) is 0 Å². The van der Waals surface area contributed by atoms with E-state index in [0.29, 0.717) is 13.1 Å². The van der Waals surface area contributed by atoms with Crippen LogP contribution in [0.1, 0.15) is 21.5 Å². The van der Waals surface area contributed by atoms with Crippen LogP contribution < -0.4 is 0 Å². The average Bonchev–Trinajstić information content (AvgIpc) is 3.11. The highest BCUT2D eigenvalue weighted by Gasteiger charge is 2.23. The maximum atomic E-state index is 12.6. The summed E-state index contributed by atoms with van der Waals surface area (Å²) in [7, 11) is 0. The lowest BCUT2D eigenvalue weighted by molar-refractivity contribution is 0.0751. The van der Waals surface area contributed by atoms with Gasteiger partial charge < -0.3 is 9.88 Å². The van der Waals surface area contributed by atoms with Crippen molar-refractivity contribution in [2.24, 2.45) is 0 Å². The van der Waals surface area contributed by atoms with Crippen molar-refractivity contribution in [3.05, 3.63) is 71.4 Å². The van der Waals surface area contributed by atoms with Gasteiger partial charge in [-0.1, -0.05) is 24.3 Å². The van der Waals surface area contributed by atoms with Crippen LogP contribution in [0, 0.1) is 0 Å². The van der Waals surface area contributed by atoms with Crippen LogP contribution in [0.15, 0.2) is 54.7 Å². The van der Waals surface area contributed by atoms with Crippen molar-refractivity contribution in [3.8, 4) is 0 Å². The van der Waals surface area contributed by atoms with Crippen molar-refractivity contribution in [2.45, 2.75) is 13.1 Å². The first kappa shape index (κ1) is 11.3. The number of rotatable bonds is 1. The highest BCUT2D eigenvalue weighted by molar-refractivity contribution is 5.98. The number of hydrogen-bond donors (Lipinski definition) is 1. The largest absolute Gasteiger partial charge is 0.361 e. The molecule has 4 rings (SSSR count). The van der Waals surface area contributed by atoms with Crippen LogP contribution in [-0.4, -0.2) is 15.8 Å². The first-order valence-electron chi connectivity index (χ1n) is 6.74. The van der Waals surface area contributed by atoms with Gasteiger partial charge in [0, 0.05) is 35.8 Å². The summed E-state index contributed by atoms with van der Waals surface area (Å²) in [5.74, 6) is 0.101. The smallest absolute Gasteiger partial charge is 0.254 e. The summed E-state index contributed by atoms with van der Waals surface area (Å²) < 4.78 is 0. The van der Waals surface area contributed by atoms with Gasteiger partial charge in [-0.2, -0.15) is 0 Å². The lowest BCUT2D eigenvalue weighted by atomic mass is 10.1. The zero-order valence-electron chi connectivity index (χ0n) is 11.0. The highest BCUT2D eigenvalue weighted by atomic mass is 16.2. The van der Waals surface area contributed by atoms with Crippen LogP contribution in [0.5, 0.6) is 0 Å². The fourth-order valence-electron chi connectivity index (χ4n) is 2.85. The molecule has 0 atom stereocenters. The van der Waals surface area contributed by atoms with Crippen LogP contribution in [0.25, 0.3) is 10.9 Å². The molecule has 1 N–H and O–H groups in total. The standard InChI is InChI=1S/C17H14N2O/c20-17(13-5-6-16-12(9-13)7-8-18-16)19-10-14-3-1-2-4-15(14)11-19/h1-9,18H,10-11H2. The SMILES string of the molecule is O=C(c1ccc2[nH]ccc2c1)N1Cc2ccccc2C1. The molecule has 0 radical (unpaired) electrons. The van der Waals surface area contributed by atoms with Crippen LogP contribution >= 0.6 is 0 Å². The molecule has 0 fully saturated rings. The number of carbonyl (C=O) groups excluding carboxylic acids is 1. The summed E-state index contributed by atoms with van der Waals surface area (Å²) in [5, 5.41) is 1.08. The number of H-pyrrole nitrogens is 1. The monoisotopic (exact) mass is 262 g/mol. The van der Waals surface area contributed by atoms with Crippen molar-refractivity contribution >= 4 is 16.8 Å². The van der Waals surface area contributed by atoms with Gasteiger partial charge in [0.15, 0.2) is 0 Å². The Kier molecular flexibility index (Phi) is 2.39. The molecule has 0 saturated heterocycles. The molecule has 20 heavy (non-hydrogen) atoms. The van der Waals surface area contributed by atoms with Crippen molar-refractivity contribution in [3.63, 3.8) is 0 Å². The lowest BCUT2D eigenvalue weighted by Crippen LogP contribution is -2.25. The molecular formula is C17H14N2O. The molecule has 3 aromatic rings. The van der Waals surface area contributed by atoms with Crippen molar-refractivity contribution in [1.82, 2.24) is 9.88 Å². The lowest BCUT2D eigenvalue weighted by Gasteiger charge is -2.15. The Hall–Kier alpha value is -2.55. The van der Waals surface area contributed by atoms with E-state index in [0.717, 1.165) is 16.5 Å². The number of nitrogens with one attached hydrogen (secondary N) is 1. The molecule has 3 heteroatoms. The zero-order valence-corrected chi connectivity index (χ0v) is 11.0. The number of carbonyl (C=O) groups is 1. The first-order valence-corrected chi connectivity index (χ1v) is 6.74. The van der Waals surface area contributed by atoms with E-state index >= 15 is 0 Å². The van der Waals surface area contributed by atoms with Crippen molar-refractivity contribution < 1.29 is 4.79 Å². The van der Waals surface area contributed by atoms with Gasteiger partial charge >= 0.3 is 0 Å². The van der Waals surface area contributed by atoms with Crippen LogP contribution in [-0.2, 0) is 13.1 Å². The molecule has 2 aromatic carbocycles. The van der Waals surface area contributed by atoms with Gasteiger partial charge in [0.2, 0.25) is 0 Å². The number of fused-ring (bicyclic) bond motifs is 2. The van der Waals surface area contributed by atoms with Crippen LogP contribution in [0.2, 0.25) is 0 Å². The second kappa shape index (κ2) is 4.23. The minimum Gasteiger partial charge on any atom is -0.361 e. The van der Waals surface area contributed by atoms with E-state index in [4.69, 9.17) is 0 Å². The Morgan fingerprint density at radius 2 is 1.75 bits per heavy atom. The molecule has 3 nitrogen and oxygen atoms in total. The molecule has 0 spiro atoms. The molecule has 98 valence electrons. The molecule has 1 amide bonds. The van der Waals surface area contributed by atoms with Gasteiger partial charge in [-0.05, 0) is 35.4 Å². The molecular weight excluding hydrogens is 248 g/mol. The molecule has 2 heterocycles. The summed E-state index contributed by atoms with van der Waals surface area (Å²) >= 11 is 0. The van der Waals surface area contributed by atoms with Gasteiger partial charge in [-0.25, -0.2) is 0 Å². The fraction of sp³-hybridized carbons (Fsp3) is 0.118. The maximum Gasteiger partial charge on any atom is 0.254 e. The summed E-state index contributed by atoms with van der Waals surface area (Å²) in [6.45, 7) is 1.42. The van der Waals surface area contributed by atoms with E-state index < -0.39 is 0 Å². The number of hydrogen-bond acceptors (Lipinski definition) is 1. The molecule has 0 aliphatic carbocycles. The fourth-order valence-corrected chi connectivity index (χ4v) is 2.85. The van der Waals surface area contributed by atoms with Crippen LogP contribution in [0.4, 0.5) is 0 Å². The Labute approximate surface area is 116 Å². The third-order valence-corrected chi connectivity index (χ3v) is 3.93. The number of benzene rings is 2. The first-order chi connectivity index (χ1) is 9.81. The Morgan fingerprint density at radius 1 is 1.00 bits per heavy atom. The normalized spacial score (nSPS) is 13.7. The molecule has 1 aliphatic rings. The second-order valence-electron chi connectivity index (χ2n) is 5.21. The number of aromatic amines is 1. The number of amides is 1. The molecule has 0 saturated carbocycles. The Balaban J connectivity index is 1.65. The Morgan fingerprint density at radius 3 is 2.50 bits per heavy atom. The second-order valence-corrected chi connectivity index (χ2v) is 5.21. The Bertz CT molecular complexity index is 778. The van der Waals surface area contributed by atoms with Gasteiger partial charge in [0.1, 0.15) is 0 Å². The zero-order chi connectivity index (χ0) is 13.5. The predicted octanol–water partition coefficient (Wildman–Crippen LogP) is 3.32. The minimum absolute atomic E-state index is 0.101. The van der Waals surface area contributed by atoms with E-state index in [9.17, 15) is 4.79 Å². The van der Waals surface area contributed by atoms with Gasteiger partial charge in [-0.3, -0.25) is 4.79 Å². The molecule has 1 aromatic heterocycles. The average molecular weight is 262 g/mol. The molecule has 0 bridgehead atoms. The van der Waals surface area contributed by atoms with E-state index in [1.807, 2.05) is 47.5 Å². The topological polar surface area (TPSA) is 36.1 Å². The number of aromatic nitrogens is 1. The van der Waals surface area contributed by atoms with Gasteiger partial charge in [0.05, 0.1) is 0 Å². The minimum atomic E-state index is 0.101. The quantitative estimate of drug-likeness (QED) is 0.717. The highest BCUT2D eigenvalue weighted by Crippen LogP contribution is 2.24. The van der Waals surface area contributed by atoms with Crippen molar-refractivity contribution in [1.29, 1.82) is 0 Å². The third kappa shape index (κ3) is 1.71. The predicted molar refractivity (Wildman–Crippen MR) is 78.3 cm³/mol. The number of nitrogens with zero attached hydrogens (tertiary/aromatic N) is 1. The van der Waals surface area contributed by atoms with E-state index in [1.165, 1.54) is 11.1 Å².